The van der Waals surface area contributed by atoms with Crippen LogP contribution >= 0.6 is 0 Å². The third-order valence-corrected chi connectivity index (χ3v) is 3.08. The van der Waals surface area contributed by atoms with Crippen molar-refractivity contribution in [2.75, 3.05) is 0 Å². The minimum Gasteiger partial charge on any atom is -0.0683 e. The first-order valence-corrected chi connectivity index (χ1v) is 6.36. The Morgan fingerprint density at radius 1 is 0.769 bits per heavy atom. The van der Waals surface area contributed by atoms with Gasteiger partial charge in [0.15, 0.2) is 0 Å². The maximum absolute atomic E-state index is 2.28. The van der Waals surface area contributed by atoms with E-state index in [1.54, 1.807) is 0 Å². The largest absolute Gasteiger partial charge is 0.0683 e. The van der Waals surface area contributed by atoms with Crippen LogP contribution in [0.25, 0.3) is 0 Å². The molecule has 0 aromatic heterocycles. The van der Waals surface area contributed by atoms with Gasteiger partial charge >= 0.3 is 0 Å². The fourth-order valence-electron chi connectivity index (χ4n) is 1.43. The molecule has 0 saturated heterocycles. The van der Waals surface area contributed by atoms with Crippen LogP contribution in [0.3, 0.4) is 0 Å². The fraction of sp³-hybridized carbons (Fsp3) is 1.00. The lowest BCUT2D eigenvalue weighted by Gasteiger charge is -2.22. The van der Waals surface area contributed by atoms with Gasteiger partial charge in [-0.25, -0.2) is 0 Å². The molecule has 0 spiro atoms. The molecule has 0 bridgehead atoms. The molecular weight excluding hydrogens is 156 g/mol. The zero-order chi connectivity index (χ0) is 10.1. The zero-order valence-corrected chi connectivity index (χ0v) is 10.1. The lowest BCUT2D eigenvalue weighted by Crippen LogP contribution is -2.08. The van der Waals surface area contributed by atoms with Crippen molar-refractivity contribution in [3.05, 3.63) is 0 Å². The van der Waals surface area contributed by atoms with Crippen LogP contribution in [0.5, 0.6) is 0 Å². The van der Waals surface area contributed by atoms with Crippen LogP contribution < -0.4 is 0 Å². The van der Waals surface area contributed by atoms with E-state index in [2.05, 4.69) is 13.8 Å². The van der Waals surface area contributed by atoms with Gasteiger partial charge in [-0.1, -0.05) is 72.6 Å². The van der Waals surface area contributed by atoms with E-state index in [4.69, 9.17) is 0 Å². The highest BCUT2D eigenvalue weighted by molar-refractivity contribution is 4.69. The molecule has 0 aliphatic heterocycles. The Hall–Kier alpha value is 0. The number of hydrogen-bond acceptors (Lipinski definition) is 0. The molecule has 13 heavy (non-hydrogen) atoms. The van der Waals surface area contributed by atoms with E-state index >= 15 is 0 Å². The van der Waals surface area contributed by atoms with Crippen LogP contribution in [-0.2, 0) is 0 Å². The van der Waals surface area contributed by atoms with Crippen LogP contribution in [0.15, 0.2) is 0 Å². The first-order valence-electron chi connectivity index (χ1n) is 6.36. The quantitative estimate of drug-likeness (QED) is 0.564. The first-order chi connectivity index (χ1) is 6.36. The molecule has 0 aromatic carbocycles. The minimum atomic E-state index is 1.12. The van der Waals surface area contributed by atoms with Gasteiger partial charge in [0.1, 0.15) is 0 Å². The standard InChI is InChI=1S/C6H12.C5H10.C2H6/c1-2-6-4-3-5-6;1-2-5-3-4-5;1-2/h6H,2-5H2,1H3;5H,2-4H2,1H3;1-2H3. The normalized spacial score (nSPS) is 20.3. The van der Waals surface area contributed by atoms with Gasteiger partial charge in [0.05, 0.1) is 0 Å². The van der Waals surface area contributed by atoms with Crippen molar-refractivity contribution in [3.63, 3.8) is 0 Å². The maximum atomic E-state index is 2.28. The van der Waals surface area contributed by atoms with Crippen molar-refractivity contribution in [1.29, 1.82) is 0 Å². The Balaban J connectivity index is 0.000000189. The summed E-state index contributed by atoms with van der Waals surface area (Å²) in [5, 5.41) is 0. The molecule has 2 saturated carbocycles. The SMILES string of the molecule is CC.CCC1CC1.CCC1CCC1. The molecule has 2 fully saturated rings. The molecular formula is C13H28. The molecule has 0 N–H and O–H groups in total. The van der Waals surface area contributed by atoms with E-state index in [9.17, 15) is 0 Å². The highest BCUT2D eigenvalue weighted by Gasteiger charge is 2.17. The summed E-state index contributed by atoms with van der Waals surface area (Å²) in [6.45, 7) is 8.54. The van der Waals surface area contributed by atoms with Gasteiger partial charge in [-0.2, -0.15) is 0 Å². The van der Waals surface area contributed by atoms with E-state index in [1.807, 2.05) is 13.8 Å². The van der Waals surface area contributed by atoms with E-state index in [-0.39, 0.29) is 0 Å². The maximum Gasteiger partial charge on any atom is -0.0417 e. The van der Waals surface area contributed by atoms with Crippen LogP contribution in [0.2, 0.25) is 0 Å². The Morgan fingerprint density at radius 2 is 1.15 bits per heavy atom. The van der Waals surface area contributed by atoms with Crippen LogP contribution in [0.1, 0.15) is 72.6 Å². The number of hydrogen-bond donors (Lipinski definition) is 0. The van der Waals surface area contributed by atoms with Crippen molar-refractivity contribution in [2.24, 2.45) is 11.8 Å². The highest BCUT2D eigenvalue weighted by Crippen LogP contribution is 2.31. The molecule has 80 valence electrons. The van der Waals surface area contributed by atoms with Gasteiger partial charge in [-0.05, 0) is 11.8 Å². The summed E-state index contributed by atoms with van der Waals surface area (Å²) in [7, 11) is 0. The lowest BCUT2D eigenvalue weighted by atomic mass is 9.84. The zero-order valence-electron chi connectivity index (χ0n) is 10.1. The summed E-state index contributed by atoms with van der Waals surface area (Å²) < 4.78 is 0. The van der Waals surface area contributed by atoms with E-state index in [0.717, 1.165) is 11.8 Å². The molecule has 0 nitrogen and oxygen atoms in total. The summed E-state index contributed by atoms with van der Waals surface area (Å²) >= 11 is 0. The summed E-state index contributed by atoms with van der Waals surface area (Å²) in [5.41, 5.74) is 0. The summed E-state index contributed by atoms with van der Waals surface area (Å²) in [6, 6.07) is 0. The van der Waals surface area contributed by atoms with Crippen molar-refractivity contribution in [3.8, 4) is 0 Å². The Bertz CT molecular complexity index is 85.5. The van der Waals surface area contributed by atoms with Gasteiger partial charge in [0.25, 0.3) is 0 Å². The van der Waals surface area contributed by atoms with Gasteiger partial charge in [0, 0.05) is 0 Å². The molecule has 0 amide bonds. The monoisotopic (exact) mass is 184 g/mol. The highest BCUT2D eigenvalue weighted by atomic mass is 14.2. The molecule has 2 rings (SSSR count). The molecule has 0 atom stereocenters. The third kappa shape index (κ3) is 7.10. The molecule has 2 aliphatic rings. The molecule has 0 unspecified atom stereocenters. The van der Waals surface area contributed by atoms with Gasteiger partial charge in [0.2, 0.25) is 0 Å². The summed E-state index contributed by atoms with van der Waals surface area (Å²) in [4.78, 5) is 0. The third-order valence-electron chi connectivity index (χ3n) is 3.08. The van der Waals surface area contributed by atoms with Gasteiger partial charge in [-0.3, -0.25) is 0 Å². The van der Waals surface area contributed by atoms with Crippen LogP contribution in [-0.4, -0.2) is 0 Å². The van der Waals surface area contributed by atoms with Crippen molar-refractivity contribution in [2.45, 2.75) is 72.6 Å². The van der Waals surface area contributed by atoms with E-state index in [1.165, 1.54) is 44.9 Å². The second-order valence-electron chi connectivity index (χ2n) is 4.06. The number of rotatable bonds is 2. The average Bonchev–Trinajstić information content (AvgIpc) is 2.89. The van der Waals surface area contributed by atoms with Gasteiger partial charge in [-0.15, -0.1) is 0 Å². The predicted octanol–water partition coefficient (Wildman–Crippen LogP) is 5.03. The lowest BCUT2D eigenvalue weighted by molar-refractivity contribution is 0.307. The Morgan fingerprint density at radius 3 is 1.15 bits per heavy atom. The van der Waals surface area contributed by atoms with E-state index in [0.29, 0.717) is 0 Å². The molecule has 2 aliphatic carbocycles. The second kappa shape index (κ2) is 8.59. The van der Waals surface area contributed by atoms with E-state index < -0.39 is 0 Å². The average molecular weight is 184 g/mol. The Labute approximate surface area is 85.1 Å². The van der Waals surface area contributed by atoms with Crippen molar-refractivity contribution in [1.82, 2.24) is 0 Å². The van der Waals surface area contributed by atoms with Crippen LogP contribution in [0, 0.1) is 11.8 Å². The first kappa shape index (κ1) is 13.0. The van der Waals surface area contributed by atoms with Crippen LogP contribution in [0.4, 0.5) is 0 Å². The Kier molecular flexibility index (Phi) is 8.59. The predicted molar refractivity (Wildman–Crippen MR) is 62.0 cm³/mol. The fourth-order valence-corrected chi connectivity index (χ4v) is 1.43. The molecule has 0 radical (unpaired) electrons. The smallest absolute Gasteiger partial charge is 0.0417 e. The molecule has 0 heterocycles. The summed E-state index contributed by atoms with van der Waals surface area (Å²) in [5.74, 6) is 2.25. The van der Waals surface area contributed by atoms with Crippen molar-refractivity contribution < 1.29 is 0 Å². The topological polar surface area (TPSA) is 0 Å². The van der Waals surface area contributed by atoms with Crippen molar-refractivity contribution >= 4 is 0 Å². The van der Waals surface area contributed by atoms with Gasteiger partial charge < -0.3 is 0 Å². The second-order valence-corrected chi connectivity index (χ2v) is 4.06. The molecule has 0 heteroatoms. The minimum absolute atomic E-state index is 1.12. The summed E-state index contributed by atoms with van der Waals surface area (Å²) in [6.07, 6.45) is 10.4. The molecule has 0 aromatic rings.